The highest BCUT2D eigenvalue weighted by atomic mass is 16.5. The number of fused-ring (bicyclic) bond motifs is 1. The maximum Gasteiger partial charge on any atom is 0.253 e. The average molecular weight is 534 g/mol. The predicted molar refractivity (Wildman–Crippen MR) is 146 cm³/mol. The number of rotatable bonds is 9. The molecule has 2 atom stereocenters. The van der Waals surface area contributed by atoms with E-state index in [1.54, 1.807) is 31.2 Å². The third-order valence-electron chi connectivity index (χ3n) is 6.98. The van der Waals surface area contributed by atoms with Crippen LogP contribution in [0.15, 0.2) is 47.5 Å². The number of aromatic amines is 1. The third-order valence-corrected chi connectivity index (χ3v) is 6.98. The van der Waals surface area contributed by atoms with Crippen LogP contribution in [0.3, 0.4) is 0 Å². The Morgan fingerprint density at radius 1 is 1.21 bits per heavy atom. The first kappa shape index (κ1) is 26.8. The molecular weight excluding hydrogens is 498 g/mol. The smallest absolute Gasteiger partial charge is 0.253 e. The number of benzene rings is 1. The second-order valence-corrected chi connectivity index (χ2v) is 10.8. The second kappa shape index (κ2) is 11.1. The summed E-state index contributed by atoms with van der Waals surface area (Å²) in [5, 5.41) is 13.7. The summed E-state index contributed by atoms with van der Waals surface area (Å²) in [5.74, 6) is 1.69. The lowest BCUT2D eigenvalue weighted by molar-refractivity contribution is 0.0564. The number of pyridine rings is 2. The molecule has 11 nitrogen and oxygen atoms in total. The molecule has 0 aliphatic carbocycles. The standard InChI is InChI=1S/C28H35N7O4/c1-28(2,3)35-26(31-32-33-35)25(34(17-20-9-7-11-39-20)16-18-8-6-10-29-15-18)21-12-19-13-23(37-4)24(38-5)14-22(19)30-27(21)36/h6,8,10,12-15,20,25H,7,9,11,16-17H2,1-5H3,(H,30,36). The summed E-state index contributed by atoms with van der Waals surface area (Å²) >= 11 is 0. The van der Waals surface area contributed by atoms with Crippen molar-refractivity contribution in [3.63, 3.8) is 0 Å². The molecule has 2 unspecified atom stereocenters. The molecule has 11 heteroatoms. The van der Waals surface area contributed by atoms with Gasteiger partial charge < -0.3 is 19.2 Å². The molecule has 1 aliphatic rings. The summed E-state index contributed by atoms with van der Waals surface area (Å²) in [6.45, 7) is 7.97. The van der Waals surface area contributed by atoms with Gasteiger partial charge in [-0.25, -0.2) is 4.68 Å². The van der Waals surface area contributed by atoms with Crippen molar-refractivity contribution in [2.75, 3.05) is 27.4 Å². The van der Waals surface area contributed by atoms with Gasteiger partial charge in [-0.1, -0.05) is 6.07 Å². The predicted octanol–water partition coefficient (Wildman–Crippen LogP) is 3.45. The van der Waals surface area contributed by atoms with E-state index in [-0.39, 0.29) is 11.7 Å². The number of methoxy groups -OCH3 is 2. The Bertz CT molecular complexity index is 1470. The van der Waals surface area contributed by atoms with Gasteiger partial charge in [0.1, 0.15) is 6.04 Å². The maximum absolute atomic E-state index is 13.8. The van der Waals surface area contributed by atoms with Gasteiger partial charge in [0.25, 0.3) is 5.56 Å². The molecule has 4 aromatic rings. The number of aromatic nitrogens is 6. The average Bonchev–Trinajstić information content (AvgIpc) is 3.61. The van der Waals surface area contributed by atoms with E-state index in [4.69, 9.17) is 14.2 Å². The zero-order valence-corrected chi connectivity index (χ0v) is 23.0. The molecule has 1 aromatic carbocycles. The molecule has 0 radical (unpaired) electrons. The summed E-state index contributed by atoms with van der Waals surface area (Å²) in [6.07, 6.45) is 5.58. The maximum atomic E-state index is 13.8. The fraction of sp³-hybridized carbons (Fsp3) is 0.464. The highest BCUT2D eigenvalue weighted by Crippen LogP contribution is 2.35. The SMILES string of the molecule is COc1cc2cc(C(c3nnnn3C(C)(C)C)N(Cc3cccnc3)CC3CCCO3)c(=O)[nH]c2cc1OC. The zero-order valence-electron chi connectivity index (χ0n) is 23.0. The van der Waals surface area contributed by atoms with Crippen LogP contribution in [-0.2, 0) is 16.8 Å². The second-order valence-electron chi connectivity index (χ2n) is 10.8. The summed E-state index contributed by atoms with van der Waals surface area (Å²) < 4.78 is 18.8. The van der Waals surface area contributed by atoms with Gasteiger partial charge >= 0.3 is 0 Å². The molecule has 1 aliphatic heterocycles. The lowest BCUT2D eigenvalue weighted by Crippen LogP contribution is -2.40. The van der Waals surface area contributed by atoms with Gasteiger partial charge in [-0.15, -0.1) is 5.10 Å². The zero-order chi connectivity index (χ0) is 27.6. The number of nitrogens with one attached hydrogen (secondary N) is 1. The van der Waals surface area contributed by atoms with Crippen LogP contribution in [-0.4, -0.2) is 68.6 Å². The fourth-order valence-electron chi connectivity index (χ4n) is 5.13. The molecule has 206 valence electrons. The van der Waals surface area contributed by atoms with Crippen molar-refractivity contribution in [2.24, 2.45) is 0 Å². The number of H-pyrrole nitrogens is 1. The van der Waals surface area contributed by atoms with Gasteiger partial charge in [-0.2, -0.15) is 0 Å². The van der Waals surface area contributed by atoms with E-state index in [1.165, 1.54) is 0 Å². The first-order valence-electron chi connectivity index (χ1n) is 13.1. The molecular formula is C28H35N7O4. The Morgan fingerprint density at radius 3 is 2.67 bits per heavy atom. The van der Waals surface area contributed by atoms with Crippen molar-refractivity contribution < 1.29 is 14.2 Å². The van der Waals surface area contributed by atoms with Gasteiger partial charge in [-0.3, -0.25) is 14.7 Å². The molecule has 3 aromatic heterocycles. The fourth-order valence-corrected chi connectivity index (χ4v) is 5.13. The number of hydrogen-bond acceptors (Lipinski definition) is 9. The van der Waals surface area contributed by atoms with E-state index >= 15 is 0 Å². The molecule has 39 heavy (non-hydrogen) atoms. The monoisotopic (exact) mass is 533 g/mol. The van der Waals surface area contributed by atoms with Crippen molar-refractivity contribution in [1.29, 1.82) is 0 Å². The van der Waals surface area contributed by atoms with Crippen molar-refractivity contribution >= 4 is 10.9 Å². The van der Waals surface area contributed by atoms with Crippen LogP contribution < -0.4 is 15.0 Å². The molecule has 0 saturated carbocycles. The lowest BCUT2D eigenvalue weighted by atomic mass is 10.00. The number of hydrogen-bond donors (Lipinski definition) is 1. The minimum absolute atomic E-state index is 0.0343. The Labute approximate surface area is 227 Å². The summed E-state index contributed by atoms with van der Waals surface area (Å²) in [4.78, 5) is 23.4. The van der Waals surface area contributed by atoms with Crippen LogP contribution >= 0.6 is 0 Å². The normalized spacial score (nSPS) is 16.6. The van der Waals surface area contributed by atoms with Gasteiger partial charge in [-0.05, 0) is 67.8 Å². The minimum atomic E-state index is -0.565. The van der Waals surface area contributed by atoms with Gasteiger partial charge in [0.05, 0.1) is 31.4 Å². The van der Waals surface area contributed by atoms with Crippen molar-refractivity contribution in [3.8, 4) is 11.5 Å². The highest BCUT2D eigenvalue weighted by Gasteiger charge is 2.35. The highest BCUT2D eigenvalue weighted by molar-refractivity contribution is 5.83. The van der Waals surface area contributed by atoms with Gasteiger partial charge in [0.2, 0.25) is 0 Å². The number of nitrogens with zero attached hydrogens (tertiary/aromatic N) is 6. The molecule has 1 N–H and O–H groups in total. The molecule has 1 saturated heterocycles. The Kier molecular flexibility index (Phi) is 7.62. The minimum Gasteiger partial charge on any atom is -0.493 e. The van der Waals surface area contributed by atoms with E-state index in [9.17, 15) is 4.79 Å². The third kappa shape index (κ3) is 5.64. The molecule has 5 rings (SSSR count). The van der Waals surface area contributed by atoms with E-state index < -0.39 is 11.6 Å². The summed E-state index contributed by atoms with van der Waals surface area (Å²) in [6, 6.07) is 8.91. The van der Waals surface area contributed by atoms with E-state index in [1.807, 2.05) is 51.2 Å². The quantitative estimate of drug-likeness (QED) is 0.345. The van der Waals surface area contributed by atoms with Crippen molar-refractivity contribution in [3.05, 3.63) is 70.0 Å². The molecule has 0 amide bonds. The number of ether oxygens (including phenoxy) is 3. The topological polar surface area (TPSA) is 120 Å². The van der Waals surface area contributed by atoms with Crippen LogP contribution in [0, 0.1) is 0 Å². The lowest BCUT2D eigenvalue weighted by Gasteiger charge is -2.34. The van der Waals surface area contributed by atoms with Crippen LogP contribution in [0.1, 0.15) is 56.6 Å². The Hall–Kier alpha value is -3.83. The Balaban J connectivity index is 1.71. The van der Waals surface area contributed by atoms with Crippen LogP contribution in [0.2, 0.25) is 0 Å². The molecule has 0 spiro atoms. The largest absolute Gasteiger partial charge is 0.493 e. The van der Waals surface area contributed by atoms with Crippen LogP contribution in [0.25, 0.3) is 10.9 Å². The van der Waals surface area contributed by atoms with Crippen molar-refractivity contribution in [2.45, 2.75) is 57.8 Å². The number of tetrazole rings is 1. The van der Waals surface area contributed by atoms with E-state index in [0.29, 0.717) is 41.5 Å². The summed E-state index contributed by atoms with van der Waals surface area (Å²) in [7, 11) is 3.16. The van der Waals surface area contributed by atoms with E-state index in [2.05, 4.69) is 30.4 Å². The van der Waals surface area contributed by atoms with Gasteiger partial charge in [0, 0.05) is 49.1 Å². The van der Waals surface area contributed by atoms with Crippen LogP contribution in [0.5, 0.6) is 11.5 Å². The van der Waals surface area contributed by atoms with Gasteiger partial charge in [0.15, 0.2) is 17.3 Å². The van der Waals surface area contributed by atoms with E-state index in [0.717, 1.165) is 30.4 Å². The van der Waals surface area contributed by atoms with Crippen molar-refractivity contribution in [1.82, 2.24) is 35.1 Å². The molecule has 1 fully saturated rings. The Morgan fingerprint density at radius 2 is 2.00 bits per heavy atom. The molecule has 4 heterocycles. The summed E-state index contributed by atoms with van der Waals surface area (Å²) in [5.41, 5.74) is 1.54. The van der Waals surface area contributed by atoms with Crippen LogP contribution in [0.4, 0.5) is 0 Å². The first-order valence-corrected chi connectivity index (χ1v) is 13.1. The molecule has 0 bridgehead atoms. The first-order chi connectivity index (χ1) is 18.8.